The van der Waals surface area contributed by atoms with Gasteiger partial charge in [0, 0.05) is 31.4 Å². The molecular formula is C19H17N5O2. The summed E-state index contributed by atoms with van der Waals surface area (Å²) in [6.45, 7) is 4.16. The van der Waals surface area contributed by atoms with Crippen molar-refractivity contribution in [1.82, 2.24) is 24.8 Å². The molecule has 3 heterocycles. The van der Waals surface area contributed by atoms with E-state index in [4.69, 9.17) is 4.52 Å². The zero-order valence-corrected chi connectivity index (χ0v) is 14.4. The lowest BCUT2D eigenvalue weighted by atomic mass is 10.1. The molecule has 0 fully saturated rings. The Kier molecular flexibility index (Phi) is 3.96. The van der Waals surface area contributed by atoms with Gasteiger partial charge in [-0.15, -0.1) is 0 Å². The summed E-state index contributed by atoms with van der Waals surface area (Å²) in [6.07, 6.45) is 3.68. The van der Waals surface area contributed by atoms with Crippen LogP contribution >= 0.6 is 0 Å². The maximum Gasteiger partial charge on any atom is 0.271 e. The van der Waals surface area contributed by atoms with E-state index in [9.17, 15) is 4.79 Å². The summed E-state index contributed by atoms with van der Waals surface area (Å²) in [5.41, 5.74) is 4.10. The molecule has 1 N–H and O–H groups in total. The van der Waals surface area contributed by atoms with Gasteiger partial charge in [-0.2, -0.15) is 4.98 Å². The third kappa shape index (κ3) is 3.19. The Morgan fingerprint density at radius 1 is 1.08 bits per heavy atom. The minimum atomic E-state index is -0.204. The molecule has 7 heteroatoms. The first-order valence-electron chi connectivity index (χ1n) is 8.22. The number of carbonyl (C=O) groups is 1. The predicted octanol–water partition coefficient (Wildman–Crippen LogP) is 2.93. The summed E-state index contributed by atoms with van der Waals surface area (Å²) in [4.78, 5) is 20.9. The fourth-order valence-corrected chi connectivity index (χ4v) is 2.67. The van der Waals surface area contributed by atoms with Crippen molar-refractivity contribution in [1.29, 1.82) is 0 Å². The van der Waals surface area contributed by atoms with Crippen LogP contribution in [0.25, 0.3) is 17.0 Å². The van der Waals surface area contributed by atoms with Gasteiger partial charge in [-0.05, 0) is 24.1 Å². The summed E-state index contributed by atoms with van der Waals surface area (Å²) in [6, 6.07) is 11.5. The van der Waals surface area contributed by atoms with Gasteiger partial charge in [0.1, 0.15) is 11.3 Å². The van der Waals surface area contributed by atoms with E-state index in [1.165, 1.54) is 0 Å². The van der Waals surface area contributed by atoms with Crippen molar-refractivity contribution < 1.29 is 9.32 Å². The zero-order chi connectivity index (χ0) is 18.1. The van der Waals surface area contributed by atoms with E-state index in [1.807, 2.05) is 53.9 Å². The SMILES string of the molecule is Cc1ccc2nc(C(=O)NCc3ccc(-c4noc(C)n4)cc3)cn2c1. The molecule has 3 aromatic heterocycles. The molecule has 0 bridgehead atoms. The summed E-state index contributed by atoms with van der Waals surface area (Å²) >= 11 is 0. The molecule has 0 aliphatic carbocycles. The molecule has 0 aliphatic rings. The highest BCUT2D eigenvalue weighted by molar-refractivity contribution is 5.92. The number of benzene rings is 1. The molecule has 0 unspecified atom stereocenters. The van der Waals surface area contributed by atoms with Crippen molar-refractivity contribution in [2.45, 2.75) is 20.4 Å². The number of imidazole rings is 1. The van der Waals surface area contributed by atoms with Gasteiger partial charge in [0.25, 0.3) is 5.91 Å². The van der Waals surface area contributed by atoms with Crippen LogP contribution in [0.5, 0.6) is 0 Å². The molecule has 4 aromatic rings. The van der Waals surface area contributed by atoms with Gasteiger partial charge in [-0.3, -0.25) is 4.79 Å². The molecule has 1 aromatic carbocycles. The van der Waals surface area contributed by atoms with E-state index in [-0.39, 0.29) is 5.91 Å². The summed E-state index contributed by atoms with van der Waals surface area (Å²) in [7, 11) is 0. The number of pyridine rings is 1. The fourth-order valence-electron chi connectivity index (χ4n) is 2.67. The van der Waals surface area contributed by atoms with Crippen LogP contribution in [-0.4, -0.2) is 25.4 Å². The number of hydrogen-bond donors (Lipinski definition) is 1. The Morgan fingerprint density at radius 3 is 2.62 bits per heavy atom. The largest absolute Gasteiger partial charge is 0.347 e. The Morgan fingerprint density at radius 2 is 1.88 bits per heavy atom. The number of nitrogens with one attached hydrogen (secondary N) is 1. The standard InChI is InChI=1S/C19H17N5O2/c1-12-3-8-17-22-16(11-24(17)10-12)19(25)20-9-14-4-6-15(7-5-14)18-21-13(2)26-23-18/h3-8,10-11H,9H2,1-2H3,(H,20,25). The minimum absolute atomic E-state index is 0.204. The van der Waals surface area contributed by atoms with Crippen LogP contribution in [0.4, 0.5) is 0 Å². The Bertz CT molecular complexity index is 1080. The normalized spacial score (nSPS) is 11.0. The van der Waals surface area contributed by atoms with E-state index < -0.39 is 0 Å². The highest BCUT2D eigenvalue weighted by Crippen LogP contribution is 2.16. The number of amides is 1. The number of hydrogen-bond acceptors (Lipinski definition) is 5. The average Bonchev–Trinajstić information content (AvgIpc) is 3.26. The minimum Gasteiger partial charge on any atom is -0.347 e. The van der Waals surface area contributed by atoms with Crippen molar-refractivity contribution in [3.8, 4) is 11.4 Å². The van der Waals surface area contributed by atoms with Gasteiger partial charge < -0.3 is 14.2 Å². The monoisotopic (exact) mass is 347 g/mol. The van der Waals surface area contributed by atoms with Gasteiger partial charge in [-0.25, -0.2) is 4.98 Å². The lowest BCUT2D eigenvalue weighted by Gasteiger charge is -2.04. The zero-order valence-electron chi connectivity index (χ0n) is 14.4. The molecule has 4 rings (SSSR count). The van der Waals surface area contributed by atoms with Gasteiger partial charge in [0.05, 0.1) is 0 Å². The quantitative estimate of drug-likeness (QED) is 0.613. The van der Waals surface area contributed by atoms with Crippen LogP contribution in [0, 0.1) is 13.8 Å². The predicted molar refractivity (Wildman–Crippen MR) is 95.6 cm³/mol. The van der Waals surface area contributed by atoms with Crippen molar-refractivity contribution in [3.63, 3.8) is 0 Å². The molecule has 130 valence electrons. The van der Waals surface area contributed by atoms with E-state index in [2.05, 4.69) is 20.4 Å². The van der Waals surface area contributed by atoms with Crippen molar-refractivity contribution >= 4 is 11.6 Å². The fraction of sp³-hybridized carbons (Fsp3) is 0.158. The number of nitrogens with zero attached hydrogens (tertiary/aromatic N) is 4. The van der Waals surface area contributed by atoms with Gasteiger partial charge in [0.2, 0.25) is 11.7 Å². The maximum absolute atomic E-state index is 12.3. The van der Waals surface area contributed by atoms with Crippen LogP contribution in [0.3, 0.4) is 0 Å². The third-order valence-corrected chi connectivity index (χ3v) is 4.02. The Balaban J connectivity index is 1.43. The topological polar surface area (TPSA) is 85.3 Å². The summed E-state index contributed by atoms with van der Waals surface area (Å²) < 4.78 is 6.84. The lowest BCUT2D eigenvalue weighted by molar-refractivity contribution is 0.0946. The molecule has 1 amide bonds. The molecule has 0 atom stereocenters. The van der Waals surface area contributed by atoms with E-state index in [0.29, 0.717) is 24.0 Å². The molecule has 0 saturated carbocycles. The van der Waals surface area contributed by atoms with Crippen molar-refractivity contribution in [3.05, 3.63) is 71.5 Å². The highest BCUT2D eigenvalue weighted by Gasteiger charge is 2.11. The number of aromatic nitrogens is 4. The maximum atomic E-state index is 12.3. The molecule has 0 spiro atoms. The van der Waals surface area contributed by atoms with Crippen molar-refractivity contribution in [2.75, 3.05) is 0 Å². The van der Waals surface area contributed by atoms with Crippen LogP contribution in [0.15, 0.2) is 53.3 Å². The number of fused-ring (bicyclic) bond motifs is 1. The lowest BCUT2D eigenvalue weighted by Crippen LogP contribution is -2.23. The number of aryl methyl sites for hydroxylation is 2. The second-order valence-corrected chi connectivity index (χ2v) is 6.11. The van der Waals surface area contributed by atoms with Crippen LogP contribution in [0.2, 0.25) is 0 Å². The highest BCUT2D eigenvalue weighted by atomic mass is 16.5. The van der Waals surface area contributed by atoms with Gasteiger partial charge in [-0.1, -0.05) is 35.5 Å². The van der Waals surface area contributed by atoms with Crippen LogP contribution in [-0.2, 0) is 6.54 Å². The molecule has 0 saturated heterocycles. The number of carbonyl (C=O) groups excluding carboxylic acids is 1. The van der Waals surface area contributed by atoms with E-state index in [0.717, 1.165) is 22.3 Å². The Hall–Kier alpha value is -3.48. The molecule has 26 heavy (non-hydrogen) atoms. The first-order chi connectivity index (χ1) is 12.6. The van der Waals surface area contributed by atoms with Gasteiger partial charge in [0.15, 0.2) is 0 Å². The number of rotatable bonds is 4. The summed E-state index contributed by atoms with van der Waals surface area (Å²) in [5, 5.41) is 6.78. The Labute approximate surface area is 149 Å². The first-order valence-corrected chi connectivity index (χ1v) is 8.22. The smallest absolute Gasteiger partial charge is 0.271 e. The second-order valence-electron chi connectivity index (χ2n) is 6.11. The van der Waals surface area contributed by atoms with E-state index in [1.54, 1.807) is 13.1 Å². The first kappa shape index (κ1) is 16.0. The average molecular weight is 347 g/mol. The van der Waals surface area contributed by atoms with E-state index >= 15 is 0 Å². The second kappa shape index (κ2) is 6.44. The van der Waals surface area contributed by atoms with Gasteiger partial charge >= 0.3 is 0 Å². The van der Waals surface area contributed by atoms with Crippen LogP contribution in [0.1, 0.15) is 27.5 Å². The molecule has 7 nitrogen and oxygen atoms in total. The molecular weight excluding hydrogens is 330 g/mol. The third-order valence-electron chi connectivity index (χ3n) is 4.02. The summed E-state index contributed by atoms with van der Waals surface area (Å²) in [5.74, 6) is 0.876. The van der Waals surface area contributed by atoms with Crippen LogP contribution < -0.4 is 5.32 Å². The molecule has 0 aliphatic heterocycles. The van der Waals surface area contributed by atoms with Crippen molar-refractivity contribution in [2.24, 2.45) is 0 Å². The molecule has 0 radical (unpaired) electrons.